The Hall–Kier alpha value is -0.660. The zero-order chi connectivity index (χ0) is 11.7. The Balaban J connectivity index is 2.78. The number of hydrogen-bond acceptors (Lipinski definition) is 6. The summed E-state index contributed by atoms with van der Waals surface area (Å²) < 4.78 is 4.73. The Bertz CT molecular complexity index is 259. The molecule has 1 heterocycles. The second-order valence-corrected chi connectivity index (χ2v) is 3.80. The molecular formula is C9H16O6. The van der Waals surface area contributed by atoms with Crippen LogP contribution in [-0.2, 0) is 4.74 Å². The van der Waals surface area contributed by atoms with Crippen LogP contribution < -0.4 is 0 Å². The van der Waals surface area contributed by atoms with Gasteiger partial charge < -0.3 is 30.3 Å². The molecule has 0 aliphatic carbocycles. The molecule has 1 rings (SSSR count). The lowest BCUT2D eigenvalue weighted by Crippen LogP contribution is -2.40. The number of rotatable bonds is 2. The molecule has 6 nitrogen and oxygen atoms in total. The molecule has 1 saturated heterocycles. The second-order valence-electron chi connectivity index (χ2n) is 3.80. The Kier molecular flexibility index (Phi) is 3.69. The monoisotopic (exact) mass is 220 g/mol. The van der Waals surface area contributed by atoms with Crippen molar-refractivity contribution in [2.45, 2.75) is 44.6 Å². The molecule has 5 atom stereocenters. The highest BCUT2D eigenvalue weighted by atomic mass is 16.6. The van der Waals surface area contributed by atoms with Gasteiger partial charge in [0.15, 0.2) is 6.29 Å². The third kappa shape index (κ3) is 2.30. The average Bonchev–Trinajstić information content (AvgIpc) is 2.43. The molecule has 5 N–H and O–H groups in total. The normalized spacial score (nSPS) is 37.7. The fourth-order valence-electron chi connectivity index (χ4n) is 1.40. The summed E-state index contributed by atoms with van der Waals surface area (Å²) in [5.74, 6) is -0.333. The Labute approximate surface area is 87.0 Å². The van der Waals surface area contributed by atoms with Crippen LogP contribution in [0.25, 0.3) is 0 Å². The highest BCUT2D eigenvalue weighted by molar-refractivity contribution is 5.10. The van der Waals surface area contributed by atoms with Gasteiger partial charge in [-0.3, -0.25) is 0 Å². The van der Waals surface area contributed by atoms with Gasteiger partial charge in [0.2, 0.25) is 0 Å². The lowest BCUT2D eigenvalue weighted by Gasteiger charge is -2.20. The molecule has 15 heavy (non-hydrogen) atoms. The molecule has 0 spiro atoms. The maximum absolute atomic E-state index is 9.58. The topological polar surface area (TPSA) is 110 Å². The van der Waals surface area contributed by atoms with E-state index in [2.05, 4.69) is 0 Å². The van der Waals surface area contributed by atoms with Crippen molar-refractivity contribution in [3.05, 3.63) is 11.3 Å². The third-order valence-electron chi connectivity index (χ3n) is 2.38. The summed E-state index contributed by atoms with van der Waals surface area (Å²) in [6.07, 6.45) is -7.16. The largest absolute Gasteiger partial charge is 0.510 e. The van der Waals surface area contributed by atoms with E-state index in [1.165, 1.54) is 0 Å². The van der Waals surface area contributed by atoms with Gasteiger partial charge in [0.25, 0.3) is 0 Å². The number of allylic oxidation sites excluding steroid dienone is 1. The Morgan fingerprint density at radius 1 is 1.13 bits per heavy atom. The maximum atomic E-state index is 9.58. The third-order valence-corrected chi connectivity index (χ3v) is 2.38. The summed E-state index contributed by atoms with van der Waals surface area (Å²) in [7, 11) is 0. The fourth-order valence-corrected chi connectivity index (χ4v) is 1.40. The summed E-state index contributed by atoms with van der Waals surface area (Å²) >= 11 is 0. The van der Waals surface area contributed by atoms with E-state index in [1.807, 2.05) is 0 Å². The molecule has 1 aliphatic heterocycles. The van der Waals surface area contributed by atoms with E-state index in [1.54, 1.807) is 13.8 Å². The van der Waals surface area contributed by atoms with Crippen molar-refractivity contribution in [1.82, 2.24) is 0 Å². The lowest BCUT2D eigenvalue weighted by molar-refractivity contribution is -0.144. The Morgan fingerprint density at radius 3 is 2.00 bits per heavy atom. The van der Waals surface area contributed by atoms with Crippen molar-refractivity contribution in [3.63, 3.8) is 0 Å². The minimum absolute atomic E-state index is 0.333. The summed E-state index contributed by atoms with van der Waals surface area (Å²) in [6, 6.07) is 0. The van der Waals surface area contributed by atoms with E-state index < -0.39 is 30.7 Å². The van der Waals surface area contributed by atoms with Crippen LogP contribution in [0, 0.1) is 0 Å². The molecule has 1 aliphatic rings. The van der Waals surface area contributed by atoms with Gasteiger partial charge >= 0.3 is 0 Å². The van der Waals surface area contributed by atoms with E-state index in [-0.39, 0.29) is 5.76 Å². The molecule has 88 valence electrons. The van der Waals surface area contributed by atoms with Gasteiger partial charge in [-0.05, 0) is 19.4 Å². The molecule has 1 fully saturated rings. The SMILES string of the molecule is CC(C)=C(O)[C@@H](O)[C@H]1O[C@H](O)[C@H](O)[C@@H]1O. The summed E-state index contributed by atoms with van der Waals surface area (Å²) in [5, 5.41) is 46.6. The predicted molar refractivity (Wildman–Crippen MR) is 49.9 cm³/mol. The first-order valence-electron chi connectivity index (χ1n) is 4.60. The van der Waals surface area contributed by atoms with Gasteiger partial charge in [0.1, 0.15) is 30.2 Å². The Morgan fingerprint density at radius 2 is 1.67 bits per heavy atom. The van der Waals surface area contributed by atoms with Crippen LogP contribution in [-0.4, -0.2) is 56.2 Å². The predicted octanol–water partition coefficient (Wildman–Crippen LogP) is -1.36. The van der Waals surface area contributed by atoms with E-state index >= 15 is 0 Å². The van der Waals surface area contributed by atoms with Crippen LogP contribution in [0.3, 0.4) is 0 Å². The molecule has 0 amide bonds. The average molecular weight is 220 g/mol. The fraction of sp³-hybridized carbons (Fsp3) is 0.778. The van der Waals surface area contributed by atoms with Crippen molar-refractivity contribution in [2.24, 2.45) is 0 Å². The van der Waals surface area contributed by atoms with Crippen molar-refractivity contribution in [1.29, 1.82) is 0 Å². The van der Waals surface area contributed by atoms with E-state index in [9.17, 15) is 20.4 Å². The maximum Gasteiger partial charge on any atom is 0.184 e. The zero-order valence-electron chi connectivity index (χ0n) is 8.53. The van der Waals surface area contributed by atoms with Crippen molar-refractivity contribution >= 4 is 0 Å². The van der Waals surface area contributed by atoms with Crippen LogP contribution in [0.1, 0.15) is 13.8 Å². The van der Waals surface area contributed by atoms with Crippen LogP contribution in [0.5, 0.6) is 0 Å². The second kappa shape index (κ2) is 4.46. The van der Waals surface area contributed by atoms with Gasteiger partial charge in [-0.1, -0.05) is 0 Å². The van der Waals surface area contributed by atoms with Gasteiger partial charge in [0.05, 0.1) is 0 Å². The van der Waals surface area contributed by atoms with Crippen molar-refractivity contribution in [2.75, 3.05) is 0 Å². The molecule has 0 aromatic heterocycles. The summed E-state index contributed by atoms with van der Waals surface area (Å²) in [5.41, 5.74) is 0.467. The quantitative estimate of drug-likeness (QED) is 0.367. The van der Waals surface area contributed by atoms with Crippen molar-refractivity contribution < 1.29 is 30.3 Å². The number of aliphatic hydroxyl groups is 5. The standard InChI is InChI=1S/C9H16O6/c1-3(2)4(10)5(11)8-6(12)7(13)9(14)15-8/h5-14H,1-2H3/t5-,6+,7-,8-,9+/m1/s1. The lowest BCUT2D eigenvalue weighted by atomic mass is 10.0. The highest BCUT2D eigenvalue weighted by Crippen LogP contribution is 2.25. The van der Waals surface area contributed by atoms with Gasteiger partial charge in [-0.25, -0.2) is 0 Å². The highest BCUT2D eigenvalue weighted by Gasteiger charge is 2.46. The minimum Gasteiger partial charge on any atom is -0.510 e. The molecule has 0 aromatic carbocycles. The van der Waals surface area contributed by atoms with Crippen LogP contribution >= 0.6 is 0 Å². The molecule has 0 radical (unpaired) electrons. The van der Waals surface area contributed by atoms with Gasteiger partial charge in [-0.2, -0.15) is 0 Å². The zero-order valence-corrected chi connectivity index (χ0v) is 8.53. The van der Waals surface area contributed by atoms with Crippen LogP contribution in [0.2, 0.25) is 0 Å². The molecule has 0 aromatic rings. The summed E-state index contributed by atoms with van der Waals surface area (Å²) in [4.78, 5) is 0. The molecule has 6 heteroatoms. The molecule has 0 unspecified atom stereocenters. The van der Waals surface area contributed by atoms with Crippen LogP contribution in [0.4, 0.5) is 0 Å². The van der Waals surface area contributed by atoms with E-state index in [4.69, 9.17) is 9.84 Å². The first-order chi connectivity index (χ1) is 6.86. The molecule has 0 saturated carbocycles. The van der Waals surface area contributed by atoms with Crippen LogP contribution in [0.15, 0.2) is 11.3 Å². The van der Waals surface area contributed by atoms with Crippen molar-refractivity contribution in [3.8, 4) is 0 Å². The molecular weight excluding hydrogens is 204 g/mol. The summed E-state index contributed by atoms with van der Waals surface area (Å²) in [6.45, 7) is 3.15. The number of ether oxygens (including phenoxy) is 1. The minimum atomic E-state index is -1.55. The smallest absolute Gasteiger partial charge is 0.184 e. The van der Waals surface area contributed by atoms with E-state index in [0.717, 1.165) is 0 Å². The van der Waals surface area contributed by atoms with E-state index in [0.29, 0.717) is 5.57 Å². The van der Waals surface area contributed by atoms with Gasteiger partial charge in [-0.15, -0.1) is 0 Å². The molecule has 0 bridgehead atoms. The number of aliphatic hydroxyl groups excluding tert-OH is 5. The first-order valence-corrected chi connectivity index (χ1v) is 4.60. The number of hydrogen-bond donors (Lipinski definition) is 5. The van der Waals surface area contributed by atoms with Gasteiger partial charge in [0, 0.05) is 0 Å². The first kappa shape index (κ1) is 12.4.